The maximum atomic E-state index is 13.1. The van der Waals surface area contributed by atoms with Crippen LogP contribution in [-0.2, 0) is 11.8 Å². The number of benzene rings is 2. The van der Waals surface area contributed by atoms with E-state index in [2.05, 4.69) is 31.7 Å². The first-order chi connectivity index (χ1) is 14.8. The number of hydrogen-bond donors (Lipinski definition) is 2. The first-order valence-electron chi connectivity index (χ1n) is 9.85. The van der Waals surface area contributed by atoms with Crippen LogP contribution in [0.15, 0.2) is 46.9 Å². The van der Waals surface area contributed by atoms with Gasteiger partial charge in [-0.25, -0.2) is 0 Å². The molecule has 7 nitrogen and oxygen atoms in total. The van der Waals surface area contributed by atoms with Crippen LogP contribution < -0.4 is 15.4 Å². The molecule has 0 aliphatic carbocycles. The van der Waals surface area contributed by atoms with Crippen molar-refractivity contribution in [1.29, 1.82) is 0 Å². The molecule has 160 valence electrons. The number of halogens is 1. The number of carbonyl (C=O) groups excluding carboxylic acids is 2. The van der Waals surface area contributed by atoms with Crippen LogP contribution in [0.25, 0.3) is 0 Å². The van der Waals surface area contributed by atoms with Crippen molar-refractivity contribution in [2.75, 3.05) is 12.4 Å². The van der Waals surface area contributed by atoms with E-state index < -0.39 is 12.0 Å². The molecule has 0 saturated carbocycles. The van der Waals surface area contributed by atoms with Gasteiger partial charge in [-0.2, -0.15) is 5.10 Å². The van der Waals surface area contributed by atoms with Gasteiger partial charge in [0.1, 0.15) is 17.6 Å². The fourth-order valence-corrected chi connectivity index (χ4v) is 4.66. The Bertz CT molecular complexity index is 1190. The van der Waals surface area contributed by atoms with Gasteiger partial charge in [0.25, 0.3) is 5.91 Å². The molecule has 0 saturated heterocycles. The molecule has 2 aromatic carbocycles. The van der Waals surface area contributed by atoms with Crippen molar-refractivity contribution in [3.05, 3.63) is 74.9 Å². The third-order valence-corrected chi connectivity index (χ3v) is 6.16. The van der Waals surface area contributed by atoms with E-state index in [0.717, 1.165) is 26.9 Å². The number of aromatic nitrogens is 2. The summed E-state index contributed by atoms with van der Waals surface area (Å²) >= 11 is 3.53. The number of aryl methyl sites for hydroxylation is 3. The van der Waals surface area contributed by atoms with Gasteiger partial charge >= 0.3 is 0 Å². The van der Waals surface area contributed by atoms with Crippen LogP contribution in [0.3, 0.4) is 0 Å². The van der Waals surface area contributed by atoms with Crippen molar-refractivity contribution in [2.24, 2.45) is 7.05 Å². The summed E-state index contributed by atoms with van der Waals surface area (Å²) in [5, 5.41) is 10.4. The van der Waals surface area contributed by atoms with Gasteiger partial charge in [0, 0.05) is 24.1 Å². The molecule has 31 heavy (non-hydrogen) atoms. The fraction of sp³-hybridized carbons (Fsp3) is 0.261. The molecule has 0 unspecified atom stereocenters. The van der Waals surface area contributed by atoms with Crippen molar-refractivity contribution in [3.63, 3.8) is 0 Å². The molecule has 1 aromatic heterocycles. The van der Waals surface area contributed by atoms with Gasteiger partial charge in [0.05, 0.1) is 17.3 Å². The summed E-state index contributed by atoms with van der Waals surface area (Å²) in [4.78, 5) is 26.2. The highest BCUT2D eigenvalue weighted by atomic mass is 79.9. The highest BCUT2D eigenvalue weighted by Crippen LogP contribution is 2.41. The van der Waals surface area contributed by atoms with Crippen molar-refractivity contribution in [2.45, 2.75) is 25.8 Å². The Morgan fingerprint density at radius 1 is 1.23 bits per heavy atom. The molecule has 8 heteroatoms. The highest BCUT2D eigenvalue weighted by molar-refractivity contribution is 9.10. The summed E-state index contributed by atoms with van der Waals surface area (Å²) in [6.07, 6.45) is 0. The monoisotopic (exact) mass is 482 g/mol. The zero-order valence-electron chi connectivity index (χ0n) is 17.7. The maximum absolute atomic E-state index is 13.1. The standard InChI is InChI=1S/C23H23BrN4O3/c1-12-6-5-7-15(10-12)22(29)25-20-19(14-8-9-17(31-4)16(24)11-14)18-13(2)27-28(3)21(18)26-23(20)30/h5-11,19-20H,1-4H3,(H,25,29)(H,26,30)/t19-,20+/m1/s1. The molecule has 4 rings (SSSR count). The molecule has 1 aliphatic heterocycles. The van der Waals surface area contributed by atoms with E-state index in [4.69, 9.17) is 4.74 Å². The normalized spacial score (nSPS) is 17.6. The van der Waals surface area contributed by atoms with E-state index in [1.54, 1.807) is 31.0 Å². The van der Waals surface area contributed by atoms with Crippen molar-refractivity contribution >= 4 is 33.6 Å². The lowest BCUT2D eigenvalue weighted by molar-refractivity contribution is -0.118. The molecule has 0 fully saturated rings. The second-order valence-corrected chi connectivity index (χ2v) is 8.51. The van der Waals surface area contributed by atoms with Crippen LogP contribution in [0.1, 0.15) is 38.7 Å². The third kappa shape index (κ3) is 3.83. The van der Waals surface area contributed by atoms with Crippen LogP contribution in [0.2, 0.25) is 0 Å². The number of rotatable bonds is 4. The predicted molar refractivity (Wildman–Crippen MR) is 122 cm³/mol. The average molecular weight is 483 g/mol. The minimum Gasteiger partial charge on any atom is -0.496 e. The number of amides is 2. The molecule has 2 atom stereocenters. The zero-order valence-corrected chi connectivity index (χ0v) is 19.3. The first kappa shape index (κ1) is 21.1. The Morgan fingerprint density at radius 3 is 2.68 bits per heavy atom. The van der Waals surface area contributed by atoms with Crippen molar-refractivity contribution < 1.29 is 14.3 Å². The lowest BCUT2D eigenvalue weighted by Gasteiger charge is -2.33. The molecule has 2 heterocycles. The Hall–Kier alpha value is -3.13. The number of hydrogen-bond acceptors (Lipinski definition) is 4. The fourth-order valence-electron chi connectivity index (χ4n) is 4.10. The largest absolute Gasteiger partial charge is 0.496 e. The van der Waals surface area contributed by atoms with Crippen molar-refractivity contribution in [1.82, 2.24) is 15.1 Å². The lowest BCUT2D eigenvalue weighted by Crippen LogP contribution is -2.50. The molecular weight excluding hydrogens is 460 g/mol. The van der Waals surface area contributed by atoms with E-state index in [9.17, 15) is 9.59 Å². The van der Waals surface area contributed by atoms with Crippen molar-refractivity contribution in [3.8, 4) is 5.75 Å². The molecule has 0 radical (unpaired) electrons. The number of carbonyl (C=O) groups is 2. The summed E-state index contributed by atoms with van der Waals surface area (Å²) < 4.78 is 7.78. The van der Waals surface area contributed by atoms with Gasteiger partial charge in [-0.3, -0.25) is 14.3 Å². The Labute approximate surface area is 188 Å². The van der Waals surface area contributed by atoms with E-state index in [1.165, 1.54) is 0 Å². The van der Waals surface area contributed by atoms with Crippen LogP contribution in [0, 0.1) is 13.8 Å². The van der Waals surface area contributed by atoms with Crippen LogP contribution in [-0.4, -0.2) is 34.7 Å². The summed E-state index contributed by atoms with van der Waals surface area (Å²) in [6, 6.07) is 12.2. The van der Waals surface area contributed by atoms with Gasteiger partial charge < -0.3 is 15.4 Å². The number of fused-ring (bicyclic) bond motifs is 1. The lowest BCUT2D eigenvalue weighted by atomic mass is 9.81. The molecule has 3 aromatic rings. The summed E-state index contributed by atoms with van der Waals surface area (Å²) in [5.41, 5.74) is 4.03. The molecule has 2 amide bonds. The van der Waals surface area contributed by atoms with E-state index >= 15 is 0 Å². The second kappa shape index (κ2) is 8.19. The third-order valence-electron chi connectivity index (χ3n) is 5.54. The smallest absolute Gasteiger partial charge is 0.251 e. The number of anilines is 1. The van der Waals surface area contributed by atoms with Gasteiger partial charge in [-0.1, -0.05) is 23.8 Å². The van der Waals surface area contributed by atoms with Crippen LogP contribution in [0.4, 0.5) is 5.82 Å². The van der Waals surface area contributed by atoms with E-state index in [-0.39, 0.29) is 11.8 Å². The Kier molecular flexibility index (Phi) is 5.58. The maximum Gasteiger partial charge on any atom is 0.251 e. The topological polar surface area (TPSA) is 85.2 Å². The van der Waals surface area contributed by atoms with Crippen LogP contribution in [0.5, 0.6) is 5.75 Å². The van der Waals surface area contributed by atoms with Crippen LogP contribution >= 0.6 is 15.9 Å². The molecule has 2 N–H and O–H groups in total. The number of nitrogens with one attached hydrogen (secondary N) is 2. The van der Waals surface area contributed by atoms with Gasteiger partial charge in [-0.15, -0.1) is 0 Å². The Morgan fingerprint density at radius 2 is 2.00 bits per heavy atom. The zero-order chi connectivity index (χ0) is 22.3. The van der Waals surface area contributed by atoms with E-state index in [1.807, 2.05) is 44.2 Å². The summed E-state index contributed by atoms with van der Waals surface area (Å²) in [6.45, 7) is 3.83. The second-order valence-electron chi connectivity index (χ2n) is 7.65. The predicted octanol–water partition coefficient (Wildman–Crippen LogP) is 3.69. The quantitative estimate of drug-likeness (QED) is 0.593. The summed E-state index contributed by atoms with van der Waals surface area (Å²) in [7, 11) is 3.39. The highest BCUT2D eigenvalue weighted by Gasteiger charge is 2.41. The average Bonchev–Trinajstić information content (AvgIpc) is 3.01. The molecular formula is C23H23BrN4O3. The number of ether oxygens (including phenoxy) is 1. The minimum absolute atomic E-state index is 0.284. The SMILES string of the molecule is COc1ccc([C@@H]2c3c(C)nn(C)c3NC(=O)[C@H]2NC(=O)c2cccc(C)c2)cc1Br. The molecule has 0 bridgehead atoms. The Balaban J connectivity index is 1.80. The molecule has 1 aliphatic rings. The van der Waals surface area contributed by atoms with Gasteiger partial charge in [0.2, 0.25) is 5.91 Å². The number of methoxy groups -OCH3 is 1. The van der Waals surface area contributed by atoms with Gasteiger partial charge in [0.15, 0.2) is 0 Å². The summed E-state index contributed by atoms with van der Waals surface area (Å²) in [5.74, 6) is 0.335. The minimum atomic E-state index is -0.802. The van der Waals surface area contributed by atoms with E-state index in [0.29, 0.717) is 17.1 Å². The first-order valence-corrected chi connectivity index (χ1v) is 10.6. The number of nitrogens with zero attached hydrogens (tertiary/aromatic N) is 2. The molecule has 0 spiro atoms. The van der Waals surface area contributed by atoms with Gasteiger partial charge in [-0.05, 0) is 59.6 Å².